The molecule has 1 saturated carbocycles. The van der Waals surface area contributed by atoms with Crippen LogP contribution in [0.3, 0.4) is 0 Å². The summed E-state index contributed by atoms with van der Waals surface area (Å²) in [5.74, 6) is 0. The van der Waals surface area contributed by atoms with Crippen LogP contribution in [-0.4, -0.2) is 26.2 Å². The Morgan fingerprint density at radius 2 is 1.89 bits per heavy atom. The van der Waals surface area contributed by atoms with Crippen LogP contribution in [-0.2, 0) is 0 Å². The minimum atomic E-state index is 0.801. The van der Waals surface area contributed by atoms with Crippen molar-refractivity contribution >= 4 is 16.5 Å². The lowest BCUT2D eigenvalue weighted by Gasteiger charge is -2.20. The molecular formula is C16H20N2. The van der Waals surface area contributed by atoms with Gasteiger partial charge >= 0.3 is 0 Å². The van der Waals surface area contributed by atoms with Crippen LogP contribution < -0.4 is 10.2 Å². The van der Waals surface area contributed by atoms with Gasteiger partial charge in [-0.3, -0.25) is 0 Å². The molecule has 0 atom stereocenters. The lowest BCUT2D eigenvalue weighted by atomic mass is 10.1. The van der Waals surface area contributed by atoms with Crippen LogP contribution >= 0.6 is 0 Å². The fourth-order valence-electron chi connectivity index (χ4n) is 2.27. The maximum Gasteiger partial charge on any atom is 0.0370 e. The van der Waals surface area contributed by atoms with Crippen molar-refractivity contribution in [1.29, 1.82) is 0 Å². The normalized spacial score (nSPS) is 14.9. The Bertz CT molecular complexity index is 531. The topological polar surface area (TPSA) is 15.3 Å². The molecule has 2 aromatic carbocycles. The summed E-state index contributed by atoms with van der Waals surface area (Å²) in [5.41, 5.74) is 1.30. The highest BCUT2D eigenvalue weighted by molar-refractivity contribution is 5.85. The third-order valence-corrected chi connectivity index (χ3v) is 3.63. The summed E-state index contributed by atoms with van der Waals surface area (Å²) in [4.78, 5) is 2.32. The van der Waals surface area contributed by atoms with E-state index in [1.165, 1.54) is 29.3 Å². The van der Waals surface area contributed by atoms with Gasteiger partial charge in [0.15, 0.2) is 0 Å². The van der Waals surface area contributed by atoms with Gasteiger partial charge in [0.25, 0.3) is 0 Å². The maximum absolute atomic E-state index is 3.55. The van der Waals surface area contributed by atoms with Gasteiger partial charge in [0.2, 0.25) is 0 Å². The Morgan fingerprint density at radius 3 is 2.67 bits per heavy atom. The quantitative estimate of drug-likeness (QED) is 0.864. The summed E-state index contributed by atoms with van der Waals surface area (Å²) in [6.45, 7) is 2.14. The van der Waals surface area contributed by atoms with Gasteiger partial charge in [-0.05, 0) is 35.7 Å². The van der Waals surface area contributed by atoms with Crippen molar-refractivity contribution in [3.63, 3.8) is 0 Å². The standard InChI is InChI=1S/C16H20N2/c1-18(11-10-17-15-7-8-15)16-9-6-13-4-2-3-5-14(13)12-16/h2-6,9,12,15,17H,7-8,10-11H2,1H3. The number of nitrogens with zero attached hydrogens (tertiary/aromatic N) is 1. The van der Waals surface area contributed by atoms with E-state index in [1.807, 2.05) is 0 Å². The van der Waals surface area contributed by atoms with Gasteiger partial charge in [-0.1, -0.05) is 30.3 Å². The van der Waals surface area contributed by atoms with Gasteiger partial charge in [0.05, 0.1) is 0 Å². The van der Waals surface area contributed by atoms with Crippen LogP contribution in [0.5, 0.6) is 0 Å². The molecule has 0 aromatic heterocycles. The third kappa shape index (κ3) is 2.65. The summed E-state index contributed by atoms with van der Waals surface area (Å²) in [6, 6.07) is 16.0. The number of fused-ring (bicyclic) bond motifs is 1. The van der Waals surface area contributed by atoms with Crippen LogP contribution in [0.4, 0.5) is 5.69 Å². The van der Waals surface area contributed by atoms with Crippen LogP contribution in [0, 0.1) is 0 Å². The van der Waals surface area contributed by atoms with E-state index in [2.05, 4.69) is 59.7 Å². The van der Waals surface area contributed by atoms with Crippen molar-refractivity contribution in [2.45, 2.75) is 18.9 Å². The molecule has 0 radical (unpaired) electrons. The summed E-state index contributed by atoms with van der Waals surface area (Å²) in [6.07, 6.45) is 2.72. The van der Waals surface area contributed by atoms with E-state index >= 15 is 0 Å². The van der Waals surface area contributed by atoms with Crippen molar-refractivity contribution < 1.29 is 0 Å². The van der Waals surface area contributed by atoms with Crippen molar-refractivity contribution in [1.82, 2.24) is 5.32 Å². The van der Waals surface area contributed by atoms with Gasteiger partial charge in [0, 0.05) is 31.9 Å². The molecule has 0 bridgehead atoms. The molecule has 0 aliphatic heterocycles. The highest BCUT2D eigenvalue weighted by Gasteiger charge is 2.19. The van der Waals surface area contributed by atoms with Crippen molar-refractivity contribution in [3.05, 3.63) is 42.5 Å². The molecule has 0 amide bonds. The van der Waals surface area contributed by atoms with E-state index in [0.717, 1.165) is 19.1 Å². The Hall–Kier alpha value is -1.54. The summed E-state index contributed by atoms with van der Waals surface area (Å²) >= 11 is 0. The van der Waals surface area contributed by atoms with Crippen molar-refractivity contribution in [2.75, 3.05) is 25.0 Å². The van der Waals surface area contributed by atoms with Gasteiger partial charge in [0.1, 0.15) is 0 Å². The fraction of sp³-hybridized carbons (Fsp3) is 0.375. The lowest BCUT2D eigenvalue weighted by Crippen LogP contribution is -2.30. The molecule has 1 aliphatic rings. The molecule has 1 N–H and O–H groups in total. The Balaban J connectivity index is 1.67. The number of rotatable bonds is 5. The second-order valence-corrected chi connectivity index (χ2v) is 5.18. The van der Waals surface area contributed by atoms with Crippen LogP contribution in [0.25, 0.3) is 10.8 Å². The second kappa shape index (κ2) is 4.99. The zero-order chi connectivity index (χ0) is 12.4. The van der Waals surface area contributed by atoms with E-state index in [1.54, 1.807) is 0 Å². The van der Waals surface area contributed by atoms with E-state index in [-0.39, 0.29) is 0 Å². The third-order valence-electron chi connectivity index (χ3n) is 3.63. The minimum Gasteiger partial charge on any atom is -0.373 e. The number of likely N-dealkylation sites (N-methyl/N-ethyl adjacent to an activating group) is 1. The first-order chi connectivity index (χ1) is 8.83. The van der Waals surface area contributed by atoms with Crippen LogP contribution in [0.2, 0.25) is 0 Å². The van der Waals surface area contributed by atoms with Gasteiger partial charge in [-0.25, -0.2) is 0 Å². The number of anilines is 1. The Morgan fingerprint density at radius 1 is 1.11 bits per heavy atom. The fourth-order valence-corrected chi connectivity index (χ4v) is 2.27. The molecule has 1 fully saturated rings. The molecule has 2 nitrogen and oxygen atoms in total. The first-order valence-corrected chi connectivity index (χ1v) is 6.76. The highest BCUT2D eigenvalue weighted by Crippen LogP contribution is 2.21. The Labute approximate surface area is 109 Å². The van der Waals surface area contributed by atoms with Crippen LogP contribution in [0.15, 0.2) is 42.5 Å². The molecule has 94 valence electrons. The lowest BCUT2D eigenvalue weighted by molar-refractivity contribution is 0.675. The molecule has 3 rings (SSSR count). The predicted molar refractivity (Wildman–Crippen MR) is 78.2 cm³/mol. The first-order valence-electron chi connectivity index (χ1n) is 6.76. The Kier molecular flexibility index (Phi) is 3.20. The van der Waals surface area contributed by atoms with Crippen molar-refractivity contribution in [2.24, 2.45) is 0 Å². The average Bonchev–Trinajstić information content (AvgIpc) is 3.22. The minimum absolute atomic E-state index is 0.801. The van der Waals surface area contributed by atoms with E-state index in [9.17, 15) is 0 Å². The zero-order valence-electron chi connectivity index (χ0n) is 10.9. The van der Waals surface area contributed by atoms with Gasteiger partial charge in [-0.2, -0.15) is 0 Å². The molecule has 0 unspecified atom stereocenters. The SMILES string of the molecule is CN(CCNC1CC1)c1ccc2ccccc2c1. The summed E-state index contributed by atoms with van der Waals surface area (Å²) in [7, 11) is 2.17. The molecule has 0 heterocycles. The number of benzene rings is 2. The molecule has 0 spiro atoms. The zero-order valence-corrected chi connectivity index (χ0v) is 10.9. The molecule has 18 heavy (non-hydrogen) atoms. The number of hydrogen-bond acceptors (Lipinski definition) is 2. The monoisotopic (exact) mass is 240 g/mol. The average molecular weight is 240 g/mol. The highest BCUT2D eigenvalue weighted by atomic mass is 15.1. The smallest absolute Gasteiger partial charge is 0.0370 e. The van der Waals surface area contributed by atoms with Gasteiger partial charge in [-0.15, -0.1) is 0 Å². The van der Waals surface area contributed by atoms with E-state index in [4.69, 9.17) is 0 Å². The van der Waals surface area contributed by atoms with E-state index < -0.39 is 0 Å². The predicted octanol–water partition coefficient (Wildman–Crippen LogP) is 3.03. The maximum atomic E-state index is 3.55. The number of nitrogens with one attached hydrogen (secondary N) is 1. The second-order valence-electron chi connectivity index (χ2n) is 5.18. The largest absolute Gasteiger partial charge is 0.373 e. The number of hydrogen-bond donors (Lipinski definition) is 1. The molecular weight excluding hydrogens is 220 g/mol. The van der Waals surface area contributed by atoms with Crippen LogP contribution in [0.1, 0.15) is 12.8 Å². The molecule has 2 aromatic rings. The van der Waals surface area contributed by atoms with Gasteiger partial charge < -0.3 is 10.2 Å². The first kappa shape index (κ1) is 11.5. The van der Waals surface area contributed by atoms with E-state index in [0.29, 0.717) is 0 Å². The molecule has 2 heteroatoms. The molecule has 1 aliphatic carbocycles. The molecule has 0 saturated heterocycles. The van der Waals surface area contributed by atoms with Crippen molar-refractivity contribution in [3.8, 4) is 0 Å². The summed E-state index contributed by atoms with van der Waals surface area (Å²) in [5, 5.41) is 6.18. The summed E-state index contributed by atoms with van der Waals surface area (Å²) < 4.78 is 0.